The summed E-state index contributed by atoms with van der Waals surface area (Å²) in [7, 11) is 0. The van der Waals surface area contributed by atoms with E-state index in [9.17, 15) is 14.7 Å². The van der Waals surface area contributed by atoms with Gasteiger partial charge in [0.2, 0.25) is 5.91 Å². The van der Waals surface area contributed by atoms with Crippen molar-refractivity contribution in [3.8, 4) is 0 Å². The number of carbonyl (C=O) groups excluding carboxylic acids is 2. The van der Waals surface area contributed by atoms with Crippen molar-refractivity contribution in [1.82, 2.24) is 5.32 Å². The van der Waals surface area contributed by atoms with Crippen molar-refractivity contribution in [2.24, 2.45) is 11.8 Å². The summed E-state index contributed by atoms with van der Waals surface area (Å²) in [6.45, 7) is 5.90. The van der Waals surface area contributed by atoms with Gasteiger partial charge in [-0.3, -0.25) is 4.79 Å². The van der Waals surface area contributed by atoms with E-state index in [1.54, 1.807) is 6.92 Å². The van der Waals surface area contributed by atoms with Gasteiger partial charge in [-0.15, -0.1) is 0 Å². The fraction of sp³-hybridized carbons (Fsp3) is 0.800. The van der Waals surface area contributed by atoms with Gasteiger partial charge in [0, 0.05) is 24.3 Å². The highest BCUT2D eigenvalue weighted by atomic mass is 16.4. The number of amides is 1. The molecule has 0 fully saturated rings. The maximum Gasteiger partial charge on any atom is 0.223 e. The molecule has 0 heterocycles. The lowest BCUT2D eigenvalue weighted by Gasteiger charge is -2.24. The Labute approximate surface area is 84.7 Å². The molecule has 0 aliphatic heterocycles. The summed E-state index contributed by atoms with van der Waals surface area (Å²) in [5.41, 5.74) is 0. The molecule has 4 nitrogen and oxygen atoms in total. The van der Waals surface area contributed by atoms with Crippen LogP contribution < -0.4 is 10.4 Å². The van der Waals surface area contributed by atoms with Crippen molar-refractivity contribution in [2.45, 2.75) is 33.6 Å². The van der Waals surface area contributed by atoms with Gasteiger partial charge in [0.05, 0.1) is 0 Å². The van der Waals surface area contributed by atoms with Crippen LogP contribution in [0.2, 0.25) is 0 Å². The van der Waals surface area contributed by atoms with Gasteiger partial charge >= 0.3 is 0 Å². The summed E-state index contributed by atoms with van der Waals surface area (Å²) in [6, 6.07) is 0. The molecule has 82 valence electrons. The highest BCUT2D eigenvalue weighted by molar-refractivity contribution is 5.83. The van der Waals surface area contributed by atoms with E-state index in [0.717, 1.165) is 0 Å². The zero-order chi connectivity index (χ0) is 11.1. The standard InChI is InChI=1S/C10H19NO3/c1-4-7(9(12)11-6-3)8(5-2)10(13)14/h7-8H,4-6H2,1-3H3,(H,11,12)(H,13,14)/p-1. The van der Waals surface area contributed by atoms with Crippen molar-refractivity contribution < 1.29 is 14.7 Å². The molecule has 4 heteroatoms. The zero-order valence-corrected chi connectivity index (χ0v) is 9.00. The van der Waals surface area contributed by atoms with Crippen LogP contribution in [0, 0.1) is 11.8 Å². The second kappa shape index (κ2) is 6.40. The number of hydrogen-bond donors (Lipinski definition) is 1. The SMILES string of the molecule is CCNC(=O)C(CC)C(CC)C(=O)[O-]. The molecule has 14 heavy (non-hydrogen) atoms. The molecule has 0 aromatic heterocycles. The Balaban J connectivity index is 4.50. The molecule has 0 saturated carbocycles. The normalized spacial score (nSPS) is 14.5. The third-order valence-corrected chi connectivity index (χ3v) is 2.36. The van der Waals surface area contributed by atoms with E-state index >= 15 is 0 Å². The van der Waals surface area contributed by atoms with Gasteiger partial charge in [0.15, 0.2) is 0 Å². The predicted molar refractivity (Wildman–Crippen MR) is 51.3 cm³/mol. The smallest absolute Gasteiger partial charge is 0.223 e. The molecule has 2 unspecified atom stereocenters. The molecule has 0 rings (SSSR count). The first-order chi connectivity index (χ1) is 6.58. The van der Waals surface area contributed by atoms with Crippen LogP contribution in [0.3, 0.4) is 0 Å². The Morgan fingerprint density at radius 3 is 1.93 bits per heavy atom. The molecular weight excluding hydrogens is 182 g/mol. The van der Waals surface area contributed by atoms with Crippen LogP contribution in [-0.2, 0) is 9.59 Å². The lowest BCUT2D eigenvalue weighted by molar-refractivity contribution is -0.313. The van der Waals surface area contributed by atoms with Gasteiger partial charge in [-0.1, -0.05) is 13.8 Å². The highest BCUT2D eigenvalue weighted by Crippen LogP contribution is 2.18. The quantitative estimate of drug-likeness (QED) is 0.652. The van der Waals surface area contributed by atoms with Gasteiger partial charge in [-0.05, 0) is 19.8 Å². The van der Waals surface area contributed by atoms with Gasteiger partial charge in [0.1, 0.15) is 0 Å². The number of aliphatic carboxylic acids is 1. The number of carboxylic acids is 1. The molecule has 0 aromatic carbocycles. The molecule has 1 N–H and O–H groups in total. The summed E-state index contributed by atoms with van der Waals surface area (Å²) in [5.74, 6) is -2.46. The Morgan fingerprint density at radius 1 is 1.14 bits per heavy atom. The molecule has 1 amide bonds. The number of carboxylic acid groups (broad SMARTS) is 1. The fourth-order valence-electron chi connectivity index (χ4n) is 1.57. The van der Waals surface area contributed by atoms with Gasteiger partial charge in [-0.2, -0.15) is 0 Å². The minimum absolute atomic E-state index is 0.189. The first-order valence-corrected chi connectivity index (χ1v) is 5.06. The fourth-order valence-corrected chi connectivity index (χ4v) is 1.57. The van der Waals surface area contributed by atoms with E-state index in [1.807, 2.05) is 13.8 Å². The Kier molecular flexibility index (Phi) is 5.92. The molecule has 0 spiro atoms. The van der Waals surface area contributed by atoms with Crippen LogP contribution in [0.1, 0.15) is 33.6 Å². The first kappa shape index (κ1) is 12.9. The molecule has 2 atom stereocenters. The third kappa shape index (κ3) is 3.36. The largest absolute Gasteiger partial charge is 0.550 e. The monoisotopic (exact) mass is 200 g/mol. The summed E-state index contributed by atoms with van der Waals surface area (Å²) in [4.78, 5) is 22.2. The summed E-state index contributed by atoms with van der Waals surface area (Å²) in [5, 5.41) is 13.4. The molecule has 0 saturated heterocycles. The molecule has 0 aliphatic carbocycles. The lowest BCUT2D eigenvalue weighted by atomic mass is 9.87. The second-order valence-corrected chi connectivity index (χ2v) is 3.24. The van der Waals surface area contributed by atoms with E-state index in [4.69, 9.17) is 0 Å². The van der Waals surface area contributed by atoms with E-state index in [1.165, 1.54) is 0 Å². The van der Waals surface area contributed by atoms with Crippen LogP contribution in [0.25, 0.3) is 0 Å². The highest BCUT2D eigenvalue weighted by Gasteiger charge is 2.25. The first-order valence-electron chi connectivity index (χ1n) is 5.06. The van der Waals surface area contributed by atoms with E-state index in [-0.39, 0.29) is 5.91 Å². The molecule has 0 aromatic rings. The molecular formula is C10H18NO3-. The summed E-state index contributed by atoms with van der Waals surface area (Å²) in [6.07, 6.45) is 0.955. The van der Waals surface area contributed by atoms with Crippen molar-refractivity contribution in [3.05, 3.63) is 0 Å². The van der Waals surface area contributed by atoms with Crippen molar-refractivity contribution in [1.29, 1.82) is 0 Å². The topological polar surface area (TPSA) is 69.2 Å². The molecule has 0 bridgehead atoms. The van der Waals surface area contributed by atoms with Gasteiger partial charge in [0.25, 0.3) is 0 Å². The number of nitrogens with one attached hydrogen (secondary N) is 1. The van der Waals surface area contributed by atoms with Crippen LogP contribution in [-0.4, -0.2) is 18.4 Å². The minimum Gasteiger partial charge on any atom is -0.550 e. The zero-order valence-electron chi connectivity index (χ0n) is 9.00. The minimum atomic E-state index is -1.13. The van der Waals surface area contributed by atoms with Crippen LogP contribution in [0.5, 0.6) is 0 Å². The Bertz CT molecular complexity index is 204. The number of hydrogen-bond acceptors (Lipinski definition) is 3. The van der Waals surface area contributed by atoms with Gasteiger partial charge < -0.3 is 15.2 Å². The molecule has 0 radical (unpaired) electrons. The maximum absolute atomic E-state index is 11.5. The maximum atomic E-state index is 11.5. The Hall–Kier alpha value is -1.06. The van der Waals surface area contributed by atoms with Crippen molar-refractivity contribution >= 4 is 11.9 Å². The predicted octanol–water partition coefficient (Wildman–Crippen LogP) is -0.0752. The number of carbonyl (C=O) groups is 2. The van der Waals surface area contributed by atoms with Crippen LogP contribution in [0.4, 0.5) is 0 Å². The van der Waals surface area contributed by atoms with E-state index in [0.29, 0.717) is 19.4 Å². The van der Waals surface area contributed by atoms with Gasteiger partial charge in [-0.25, -0.2) is 0 Å². The number of rotatable bonds is 6. The van der Waals surface area contributed by atoms with Crippen LogP contribution in [0.15, 0.2) is 0 Å². The summed E-state index contributed by atoms with van der Waals surface area (Å²) >= 11 is 0. The molecule has 0 aliphatic rings. The Morgan fingerprint density at radius 2 is 1.64 bits per heavy atom. The van der Waals surface area contributed by atoms with Crippen molar-refractivity contribution in [3.63, 3.8) is 0 Å². The second-order valence-electron chi connectivity index (χ2n) is 3.24. The van der Waals surface area contributed by atoms with E-state index in [2.05, 4.69) is 5.32 Å². The average Bonchev–Trinajstić information content (AvgIpc) is 2.13. The van der Waals surface area contributed by atoms with Crippen molar-refractivity contribution in [2.75, 3.05) is 6.54 Å². The third-order valence-electron chi connectivity index (χ3n) is 2.36. The lowest BCUT2D eigenvalue weighted by Crippen LogP contribution is -2.42. The van der Waals surface area contributed by atoms with Crippen LogP contribution >= 0.6 is 0 Å². The van der Waals surface area contributed by atoms with E-state index < -0.39 is 17.8 Å². The summed E-state index contributed by atoms with van der Waals surface area (Å²) < 4.78 is 0. The average molecular weight is 200 g/mol.